The van der Waals surface area contributed by atoms with Gasteiger partial charge in [-0.25, -0.2) is 4.98 Å². The number of methoxy groups -OCH3 is 1. The summed E-state index contributed by atoms with van der Waals surface area (Å²) >= 11 is 3.23. The zero-order valence-corrected chi connectivity index (χ0v) is 17.2. The van der Waals surface area contributed by atoms with Crippen molar-refractivity contribution in [1.29, 1.82) is 0 Å². The lowest BCUT2D eigenvalue weighted by atomic mass is 9.89. The molecule has 0 spiro atoms. The van der Waals surface area contributed by atoms with E-state index in [4.69, 9.17) is 9.72 Å². The molecule has 140 valence electrons. The molecule has 6 heteroatoms. The summed E-state index contributed by atoms with van der Waals surface area (Å²) in [6.45, 7) is 6.08. The zero-order chi connectivity index (χ0) is 19.0. The molecule has 0 N–H and O–H groups in total. The minimum absolute atomic E-state index is 0.0313. The lowest BCUT2D eigenvalue weighted by molar-refractivity contribution is 0.414. The second kappa shape index (κ2) is 7.52. The summed E-state index contributed by atoms with van der Waals surface area (Å²) in [4.78, 5) is 20.6. The van der Waals surface area contributed by atoms with Gasteiger partial charge in [-0.2, -0.15) is 0 Å². The van der Waals surface area contributed by atoms with Crippen molar-refractivity contribution in [3.63, 3.8) is 0 Å². The van der Waals surface area contributed by atoms with Crippen molar-refractivity contribution in [3.05, 3.63) is 57.7 Å². The summed E-state index contributed by atoms with van der Waals surface area (Å²) in [5, 5.41) is 1.52. The molecule has 0 unspecified atom stereocenters. The molecule has 0 fully saturated rings. The Balaban J connectivity index is 1.95. The number of aromatic nitrogens is 2. The molecule has 1 atom stereocenters. The Morgan fingerprint density at radius 2 is 2.19 bits per heavy atom. The number of hydrogen-bond acceptors (Lipinski definition) is 5. The molecule has 3 aromatic rings. The number of hydrogen-bond donors (Lipinski definition) is 0. The highest BCUT2D eigenvalue weighted by Crippen LogP contribution is 2.37. The first kappa shape index (κ1) is 18.3. The first-order valence-electron chi connectivity index (χ1n) is 9.07. The maximum atomic E-state index is 13.5. The molecule has 2 heterocycles. The highest BCUT2D eigenvalue weighted by atomic mass is 32.2. The van der Waals surface area contributed by atoms with Gasteiger partial charge in [-0.15, -0.1) is 17.9 Å². The van der Waals surface area contributed by atoms with Crippen molar-refractivity contribution in [1.82, 2.24) is 9.55 Å². The molecule has 2 aromatic heterocycles. The minimum Gasteiger partial charge on any atom is -0.497 e. The van der Waals surface area contributed by atoms with Crippen molar-refractivity contribution in [2.24, 2.45) is 5.92 Å². The largest absolute Gasteiger partial charge is 0.497 e. The van der Waals surface area contributed by atoms with E-state index in [1.54, 1.807) is 23.0 Å². The quantitative estimate of drug-likeness (QED) is 0.350. The molecule has 27 heavy (non-hydrogen) atoms. The lowest BCUT2D eigenvalue weighted by Gasteiger charge is -2.17. The van der Waals surface area contributed by atoms with Crippen LogP contribution < -0.4 is 10.3 Å². The average molecular weight is 399 g/mol. The summed E-state index contributed by atoms with van der Waals surface area (Å²) in [7, 11) is 1.64. The van der Waals surface area contributed by atoms with Gasteiger partial charge in [0.2, 0.25) is 0 Å². The smallest absolute Gasteiger partial charge is 0.267 e. The summed E-state index contributed by atoms with van der Waals surface area (Å²) in [6, 6.07) is 7.57. The second-order valence-electron chi connectivity index (χ2n) is 6.86. The van der Waals surface area contributed by atoms with E-state index in [2.05, 4.69) is 13.5 Å². The van der Waals surface area contributed by atoms with E-state index in [1.807, 2.05) is 30.3 Å². The summed E-state index contributed by atoms with van der Waals surface area (Å²) in [5.41, 5.74) is 2.06. The zero-order valence-electron chi connectivity index (χ0n) is 15.5. The van der Waals surface area contributed by atoms with Crippen LogP contribution >= 0.6 is 23.1 Å². The Kier molecular flexibility index (Phi) is 5.10. The van der Waals surface area contributed by atoms with Gasteiger partial charge < -0.3 is 4.74 Å². The molecule has 1 aliphatic rings. The number of rotatable bonds is 5. The Morgan fingerprint density at radius 1 is 1.41 bits per heavy atom. The van der Waals surface area contributed by atoms with E-state index >= 15 is 0 Å². The van der Waals surface area contributed by atoms with Crippen molar-refractivity contribution in [2.45, 2.75) is 31.3 Å². The van der Waals surface area contributed by atoms with Gasteiger partial charge in [0.25, 0.3) is 5.56 Å². The van der Waals surface area contributed by atoms with Gasteiger partial charge in [0.1, 0.15) is 10.6 Å². The van der Waals surface area contributed by atoms with Crippen LogP contribution in [0.3, 0.4) is 0 Å². The van der Waals surface area contributed by atoms with Gasteiger partial charge in [-0.1, -0.05) is 24.8 Å². The summed E-state index contributed by atoms with van der Waals surface area (Å²) < 4.78 is 6.99. The first-order chi connectivity index (χ1) is 13.1. The minimum atomic E-state index is 0.0313. The van der Waals surface area contributed by atoms with Crippen LogP contribution in [0.5, 0.6) is 5.75 Å². The SMILES string of the molecule is C=CCSc1nc2sc3c(c2c(=O)n1-c1ccc(OC)cc1)CC[C@H](C)C3. The number of thioether (sulfide) groups is 1. The number of aryl methyl sites for hydroxylation is 1. The van der Waals surface area contributed by atoms with E-state index < -0.39 is 0 Å². The lowest BCUT2D eigenvalue weighted by Crippen LogP contribution is -2.22. The molecule has 4 rings (SSSR count). The van der Waals surface area contributed by atoms with Crippen molar-refractivity contribution >= 4 is 33.3 Å². The molecule has 0 aliphatic heterocycles. The molecule has 0 amide bonds. The molecule has 0 saturated heterocycles. The van der Waals surface area contributed by atoms with Crippen LogP contribution in [0.2, 0.25) is 0 Å². The van der Waals surface area contributed by atoms with Crippen LogP contribution in [0.4, 0.5) is 0 Å². The van der Waals surface area contributed by atoms with Gasteiger partial charge in [-0.05, 0) is 55.0 Å². The molecule has 0 radical (unpaired) electrons. The number of benzene rings is 1. The summed E-state index contributed by atoms with van der Waals surface area (Å²) in [5.74, 6) is 2.14. The maximum Gasteiger partial charge on any atom is 0.267 e. The Labute approximate surface area is 166 Å². The topological polar surface area (TPSA) is 44.1 Å². The molecular formula is C21H22N2O2S2. The van der Waals surface area contributed by atoms with Crippen LogP contribution in [0.1, 0.15) is 23.8 Å². The molecule has 1 aliphatic carbocycles. The fourth-order valence-corrected chi connectivity index (χ4v) is 5.73. The van der Waals surface area contributed by atoms with Gasteiger partial charge >= 0.3 is 0 Å². The van der Waals surface area contributed by atoms with Crippen LogP contribution in [0, 0.1) is 5.92 Å². The van der Waals surface area contributed by atoms with Gasteiger partial charge in [0.15, 0.2) is 5.16 Å². The molecular weight excluding hydrogens is 376 g/mol. The van der Waals surface area contributed by atoms with E-state index in [-0.39, 0.29) is 5.56 Å². The van der Waals surface area contributed by atoms with E-state index in [1.165, 1.54) is 22.2 Å². The predicted octanol–water partition coefficient (Wildman–Crippen LogP) is 4.86. The predicted molar refractivity (Wildman–Crippen MR) is 114 cm³/mol. The Hall–Kier alpha value is -2.05. The van der Waals surface area contributed by atoms with Gasteiger partial charge in [0, 0.05) is 10.6 Å². The van der Waals surface area contributed by atoms with Crippen LogP contribution in [-0.4, -0.2) is 22.4 Å². The van der Waals surface area contributed by atoms with Crippen LogP contribution in [0.15, 0.2) is 46.9 Å². The van der Waals surface area contributed by atoms with Crippen LogP contribution in [0.25, 0.3) is 15.9 Å². The third-order valence-electron chi connectivity index (χ3n) is 4.96. The Morgan fingerprint density at radius 3 is 2.89 bits per heavy atom. The highest BCUT2D eigenvalue weighted by Gasteiger charge is 2.25. The van der Waals surface area contributed by atoms with Gasteiger partial charge in [0.05, 0.1) is 18.2 Å². The van der Waals surface area contributed by atoms with Crippen molar-refractivity contribution in [3.8, 4) is 11.4 Å². The average Bonchev–Trinajstić information content (AvgIpc) is 3.04. The van der Waals surface area contributed by atoms with Gasteiger partial charge in [-0.3, -0.25) is 9.36 Å². The molecule has 1 aromatic carbocycles. The van der Waals surface area contributed by atoms with Crippen LogP contribution in [-0.2, 0) is 12.8 Å². The third-order valence-corrected chi connectivity index (χ3v) is 7.04. The Bertz CT molecular complexity index is 1050. The monoisotopic (exact) mass is 398 g/mol. The maximum absolute atomic E-state index is 13.5. The highest BCUT2D eigenvalue weighted by molar-refractivity contribution is 7.99. The summed E-state index contributed by atoms with van der Waals surface area (Å²) in [6.07, 6.45) is 4.98. The first-order valence-corrected chi connectivity index (χ1v) is 10.9. The number of ether oxygens (including phenoxy) is 1. The molecule has 0 saturated carbocycles. The fourth-order valence-electron chi connectivity index (χ4n) is 3.56. The number of nitrogens with zero attached hydrogens (tertiary/aromatic N) is 2. The second-order valence-corrected chi connectivity index (χ2v) is 8.94. The van der Waals surface area contributed by atoms with E-state index in [0.29, 0.717) is 16.8 Å². The van der Waals surface area contributed by atoms with Crippen molar-refractivity contribution in [2.75, 3.05) is 12.9 Å². The molecule has 0 bridgehead atoms. The third kappa shape index (κ3) is 3.32. The number of fused-ring (bicyclic) bond motifs is 3. The van der Waals surface area contributed by atoms with E-state index in [0.717, 1.165) is 40.9 Å². The fraction of sp³-hybridized carbons (Fsp3) is 0.333. The standard InChI is InChI=1S/C21H22N2O2S2/c1-4-11-26-21-22-19-18(16-10-5-13(2)12-17(16)27-19)20(24)23(21)14-6-8-15(25-3)9-7-14/h4,6-9,13H,1,5,10-12H2,2-3H3/t13-/m0/s1. The number of thiophene rings is 1. The van der Waals surface area contributed by atoms with E-state index in [9.17, 15) is 4.79 Å². The van der Waals surface area contributed by atoms with Crippen molar-refractivity contribution < 1.29 is 4.74 Å². The normalized spacial score (nSPS) is 16.3. The molecule has 4 nitrogen and oxygen atoms in total.